The Labute approximate surface area is 134 Å². The standard InChI is InChI=1S/C5H6O3.C3H2O2.C3H8O.Na.H2O/c1-2-5(7)8-4-3-6;1-2-3(4)5;1-2-3-4;;/h1,6H,3-4H2;1H,(H,4,5);4H,2-3H2,1H3;;1H2/q;;;+1;/p-1. The molecule has 0 amide bonds. The molecule has 0 aromatic carbocycles. The van der Waals surface area contributed by atoms with Crippen LogP contribution in [0.15, 0.2) is 0 Å². The Hall–Kier alpha value is -1.06. The number of hydrogen-bond donors (Lipinski definition) is 3. The minimum absolute atomic E-state index is 0. The van der Waals surface area contributed by atoms with Crippen LogP contribution in [-0.4, -0.2) is 52.6 Å². The fourth-order valence-electron chi connectivity index (χ4n) is 0.180. The van der Waals surface area contributed by atoms with E-state index in [0.29, 0.717) is 6.61 Å². The number of aliphatic hydroxyl groups excluding tert-OH is 2. The average Bonchev–Trinajstić information content (AvgIpc) is 2.36. The zero-order valence-corrected chi connectivity index (χ0v) is 13.0. The number of carbonyl (C=O) groups excluding carboxylic acids is 1. The predicted molar refractivity (Wildman–Crippen MR) is 62.7 cm³/mol. The number of carboxylic acid groups (broad SMARTS) is 1. The summed E-state index contributed by atoms with van der Waals surface area (Å²) in [5, 5.41) is 23.4. The molecule has 7 nitrogen and oxygen atoms in total. The number of carboxylic acids is 1. The van der Waals surface area contributed by atoms with Crippen LogP contribution in [0.2, 0.25) is 0 Å². The Kier molecular flexibility index (Phi) is 48.9. The number of rotatable bonds is 3. The van der Waals surface area contributed by atoms with Gasteiger partial charge in [0, 0.05) is 18.4 Å². The number of terminal acetylenes is 2. The molecule has 0 aromatic rings. The zero-order chi connectivity index (χ0) is 14.1. The number of hydrogen-bond acceptors (Lipinski definition) is 6. The molecule has 0 aromatic heterocycles. The molecule has 0 heterocycles. The maximum atomic E-state index is 10.0. The first-order valence-corrected chi connectivity index (χ1v) is 4.54. The van der Waals surface area contributed by atoms with Crippen molar-refractivity contribution in [2.45, 2.75) is 13.3 Å². The van der Waals surface area contributed by atoms with E-state index in [4.69, 9.17) is 20.1 Å². The summed E-state index contributed by atoms with van der Waals surface area (Å²) in [6, 6.07) is 0. The van der Waals surface area contributed by atoms with E-state index in [0.717, 1.165) is 6.42 Å². The smallest absolute Gasteiger partial charge is 0.870 e. The van der Waals surface area contributed by atoms with Crippen LogP contribution in [0.5, 0.6) is 0 Å². The van der Waals surface area contributed by atoms with Gasteiger partial charge < -0.3 is 25.5 Å². The van der Waals surface area contributed by atoms with E-state index in [9.17, 15) is 4.79 Å². The Morgan fingerprint density at radius 2 is 1.53 bits per heavy atom. The van der Waals surface area contributed by atoms with Gasteiger partial charge in [-0.2, -0.15) is 0 Å². The van der Waals surface area contributed by atoms with Gasteiger partial charge in [0.2, 0.25) is 0 Å². The molecule has 0 bridgehead atoms. The number of aliphatic carboxylic acids is 1. The van der Waals surface area contributed by atoms with Gasteiger partial charge in [0.05, 0.1) is 6.61 Å². The van der Waals surface area contributed by atoms with Gasteiger partial charge in [-0.1, -0.05) is 6.92 Å². The first-order valence-electron chi connectivity index (χ1n) is 4.54. The minimum Gasteiger partial charge on any atom is -0.870 e. The van der Waals surface area contributed by atoms with Crippen LogP contribution < -0.4 is 29.6 Å². The second kappa shape index (κ2) is 30.2. The summed E-state index contributed by atoms with van der Waals surface area (Å²) < 4.78 is 4.22. The fourth-order valence-corrected chi connectivity index (χ4v) is 0.180. The van der Waals surface area contributed by atoms with Gasteiger partial charge in [0.25, 0.3) is 0 Å². The van der Waals surface area contributed by atoms with E-state index in [1.54, 1.807) is 5.92 Å². The molecule has 0 aliphatic rings. The van der Waals surface area contributed by atoms with Crippen LogP contribution in [0.1, 0.15) is 13.3 Å². The van der Waals surface area contributed by atoms with Crippen LogP contribution in [0.3, 0.4) is 0 Å². The van der Waals surface area contributed by atoms with E-state index in [1.165, 1.54) is 5.92 Å². The third kappa shape index (κ3) is 60.0. The molecule has 8 heteroatoms. The molecule has 0 fully saturated rings. The predicted octanol–water partition coefficient (Wildman–Crippen LogP) is -3.92. The van der Waals surface area contributed by atoms with E-state index in [2.05, 4.69) is 17.6 Å². The number of carbonyl (C=O) groups is 2. The monoisotopic (exact) mass is 284 g/mol. The third-order valence-corrected chi connectivity index (χ3v) is 0.789. The molecule has 0 radical (unpaired) electrons. The Balaban J connectivity index is -0.0000000524. The molecule has 0 spiro atoms. The molecule has 0 atom stereocenters. The molecule has 0 unspecified atom stereocenters. The van der Waals surface area contributed by atoms with Crippen molar-refractivity contribution in [3.05, 3.63) is 0 Å². The first kappa shape index (κ1) is 30.7. The van der Waals surface area contributed by atoms with Crippen molar-refractivity contribution in [3.8, 4) is 24.7 Å². The molecule has 4 N–H and O–H groups in total. The second-order valence-corrected chi connectivity index (χ2v) is 2.18. The molecule has 104 valence electrons. The minimum atomic E-state index is -1.22. The number of esters is 1. The quantitative estimate of drug-likeness (QED) is 0.208. The maximum Gasteiger partial charge on any atom is 1.00 e. The van der Waals surface area contributed by atoms with E-state index in [1.807, 2.05) is 6.92 Å². The van der Waals surface area contributed by atoms with Crippen molar-refractivity contribution in [2.24, 2.45) is 0 Å². The van der Waals surface area contributed by atoms with Crippen LogP contribution in [0.25, 0.3) is 0 Å². The van der Waals surface area contributed by atoms with E-state index in [-0.39, 0.29) is 48.2 Å². The summed E-state index contributed by atoms with van der Waals surface area (Å²) in [4.78, 5) is 19.1. The first-order chi connectivity index (χ1) is 7.99. The number of ether oxygens (including phenoxy) is 1. The summed E-state index contributed by atoms with van der Waals surface area (Å²) in [6.45, 7) is 2.04. The summed E-state index contributed by atoms with van der Waals surface area (Å²) in [5.41, 5.74) is 0. The second-order valence-electron chi connectivity index (χ2n) is 2.18. The maximum absolute atomic E-state index is 10.0. The van der Waals surface area contributed by atoms with Crippen molar-refractivity contribution >= 4 is 11.9 Å². The molecular weight excluding hydrogens is 267 g/mol. The molecule has 0 saturated carbocycles. The topological polar surface area (TPSA) is 134 Å². The molecular formula is C11H17NaO7. The van der Waals surface area contributed by atoms with Gasteiger partial charge in [0.1, 0.15) is 6.61 Å². The van der Waals surface area contributed by atoms with Gasteiger partial charge in [-0.25, -0.2) is 9.59 Å². The summed E-state index contributed by atoms with van der Waals surface area (Å²) in [7, 11) is 0. The average molecular weight is 284 g/mol. The molecule has 19 heavy (non-hydrogen) atoms. The van der Waals surface area contributed by atoms with Gasteiger partial charge in [-0.05, 0) is 6.42 Å². The fraction of sp³-hybridized carbons (Fsp3) is 0.455. The van der Waals surface area contributed by atoms with Crippen molar-refractivity contribution in [3.63, 3.8) is 0 Å². The van der Waals surface area contributed by atoms with Crippen molar-refractivity contribution in [2.75, 3.05) is 19.8 Å². The van der Waals surface area contributed by atoms with Crippen LogP contribution in [0, 0.1) is 24.7 Å². The summed E-state index contributed by atoms with van der Waals surface area (Å²) in [5.74, 6) is 1.22. The van der Waals surface area contributed by atoms with Crippen LogP contribution >= 0.6 is 0 Å². The van der Waals surface area contributed by atoms with Crippen LogP contribution in [-0.2, 0) is 14.3 Å². The zero-order valence-electron chi connectivity index (χ0n) is 11.0. The molecule has 0 aliphatic heterocycles. The van der Waals surface area contributed by atoms with Gasteiger partial charge in [-0.3, -0.25) is 0 Å². The van der Waals surface area contributed by atoms with Crippen molar-refractivity contribution < 1.29 is 64.7 Å². The summed E-state index contributed by atoms with van der Waals surface area (Å²) in [6.07, 6.45) is 9.80. The van der Waals surface area contributed by atoms with Crippen LogP contribution in [0.4, 0.5) is 0 Å². The summed E-state index contributed by atoms with van der Waals surface area (Å²) >= 11 is 0. The number of aliphatic hydroxyl groups is 2. The molecule has 0 rings (SSSR count). The van der Waals surface area contributed by atoms with Crippen molar-refractivity contribution in [1.29, 1.82) is 0 Å². The Morgan fingerprint density at radius 1 is 1.16 bits per heavy atom. The largest absolute Gasteiger partial charge is 1.00 e. The van der Waals surface area contributed by atoms with Gasteiger partial charge >= 0.3 is 41.5 Å². The van der Waals surface area contributed by atoms with E-state index < -0.39 is 11.9 Å². The van der Waals surface area contributed by atoms with Gasteiger partial charge in [-0.15, -0.1) is 12.8 Å². The SMILES string of the molecule is C#CC(=O)O.C#CC(=O)OCCO.CCCO.[Na+].[OH-]. The third-order valence-electron chi connectivity index (χ3n) is 0.789. The normalized spacial score (nSPS) is 6.16. The Morgan fingerprint density at radius 3 is 1.68 bits per heavy atom. The Bertz CT molecular complexity index is 276. The van der Waals surface area contributed by atoms with Crippen molar-refractivity contribution in [1.82, 2.24) is 0 Å². The van der Waals surface area contributed by atoms with Gasteiger partial charge in [0.15, 0.2) is 0 Å². The molecule has 0 aliphatic carbocycles. The van der Waals surface area contributed by atoms with E-state index >= 15 is 0 Å². The molecule has 0 saturated heterocycles.